The lowest BCUT2D eigenvalue weighted by Gasteiger charge is -2.09. The van der Waals surface area contributed by atoms with Crippen molar-refractivity contribution in [1.82, 2.24) is 5.43 Å². The molecule has 30 heavy (non-hydrogen) atoms. The summed E-state index contributed by atoms with van der Waals surface area (Å²) in [6.45, 7) is 0.982. The Morgan fingerprint density at radius 1 is 0.800 bits per heavy atom. The van der Waals surface area contributed by atoms with E-state index in [1.807, 2.05) is 54.6 Å². The summed E-state index contributed by atoms with van der Waals surface area (Å²) in [6, 6.07) is 27.9. The largest absolute Gasteiger partial charge is 0.489 e. The molecule has 0 amide bonds. The molecule has 0 aliphatic rings. The van der Waals surface area contributed by atoms with Crippen LogP contribution in [0, 0.1) is 0 Å². The molecule has 4 rings (SSSR count). The van der Waals surface area contributed by atoms with Crippen molar-refractivity contribution in [2.75, 3.05) is 0 Å². The highest BCUT2D eigenvalue weighted by Crippen LogP contribution is 2.24. The first-order valence-electron chi connectivity index (χ1n) is 9.59. The second-order valence-electron chi connectivity index (χ2n) is 6.79. The van der Waals surface area contributed by atoms with E-state index >= 15 is 0 Å². The van der Waals surface area contributed by atoms with E-state index in [0.717, 1.165) is 16.9 Å². The van der Waals surface area contributed by atoms with E-state index in [4.69, 9.17) is 27.9 Å². The molecule has 0 aliphatic heterocycles. The Kier molecular flexibility index (Phi) is 6.53. The van der Waals surface area contributed by atoms with Gasteiger partial charge in [-0.2, -0.15) is 5.10 Å². The van der Waals surface area contributed by atoms with Crippen LogP contribution in [0.15, 0.2) is 90.0 Å². The zero-order valence-electron chi connectivity index (χ0n) is 16.2. The molecule has 1 N–H and O–H groups in total. The number of rotatable bonds is 7. The van der Waals surface area contributed by atoms with Gasteiger partial charge in [0.25, 0.3) is 0 Å². The summed E-state index contributed by atoms with van der Waals surface area (Å²) in [5.41, 5.74) is 5.94. The number of hydrazone groups is 1. The minimum absolute atomic E-state index is 0.460. The quantitative estimate of drug-likeness (QED) is 0.254. The normalized spacial score (nSPS) is 11.1. The standard InChI is InChI=1S/C25H20Cl2N2O/c26-24-9-4-10-25(27)23(24)16-29-28-15-18-11-13-21(14-12-18)30-17-20-7-3-6-19-5-1-2-8-22(19)20/h1-15,29H,16-17H2/b28-15-. The number of nitrogens with one attached hydrogen (secondary N) is 1. The Morgan fingerprint density at radius 2 is 1.50 bits per heavy atom. The topological polar surface area (TPSA) is 33.6 Å². The van der Waals surface area contributed by atoms with Gasteiger partial charge in [-0.25, -0.2) is 0 Å². The van der Waals surface area contributed by atoms with Crippen molar-refractivity contribution < 1.29 is 4.74 Å². The summed E-state index contributed by atoms with van der Waals surface area (Å²) >= 11 is 12.3. The van der Waals surface area contributed by atoms with Gasteiger partial charge in [-0.05, 0) is 58.3 Å². The molecule has 5 heteroatoms. The van der Waals surface area contributed by atoms with E-state index in [1.54, 1.807) is 6.21 Å². The van der Waals surface area contributed by atoms with Crippen LogP contribution in [-0.4, -0.2) is 6.21 Å². The molecule has 4 aromatic rings. The Morgan fingerprint density at radius 3 is 2.30 bits per heavy atom. The Balaban J connectivity index is 1.33. The molecule has 0 bridgehead atoms. The van der Waals surface area contributed by atoms with Crippen LogP contribution >= 0.6 is 23.2 Å². The van der Waals surface area contributed by atoms with Gasteiger partial charge in [-0.3, -0.25) is 0 Å². The second-order valence-corrected chi connectivity index (χ2v) is 7.60. The van der Waals surface area contributed by atoms with E-state index in [9.17, 15) is 0 Å². The summed E-state index contributed by atoms with van der Waals surface area (Å²) in [5.74, 6) is 0.816. The molecular weight excluding hydrogens is 415 g/mol. The van der Waals surface area contributed by atoms with E-state index in [2.05, 4.69) is 40.9 Å². The predicted octanol–water partition coefficient (Wildman–Crippen LogP) is 6.85. The molecule has 150 valence electrons. The maximum atomic E-state index is 6.16. The van der Waals surface area contributed by atoms with Crippen LogP contribution in [0.5, 0.6) is 5.75 Å². The molecule has 0 fully saturated rings. The van der Waals surface area contributed by atoms with Crippen LogP contribution in [0.25, 0.3) is 10.8 Å². The fourth-order valence-corrected chi connectivity index (χ4v) is 3.71. The molecule has 0 spiro atoms. The van der Waals surface area contributed by atoms with E-state index in [1.165, 1.54) is 16.3 Å². The molecule has 0 aromatic heterocycles. The minimum atomic E-state index is 0.460. The molecule has 0 atom stereocenters. The van der Waals surface area contributed by atoms with E-state index in [-0.39, 0.29) is 0 Å². The average molecular weight is 435 g/mol. The van der Waals surface area contributed by atoms with Gasteiger partial charge in [-0.1, -0.05) is 71.7 Å². The van der Waals surface area contributed by atoms with Crippen LogP contribution in [0.3, 0.4) is 0 Å². The molecule has 0 unspecified atom stereocenters. The van der Waals surface area contributed by atoms with Gasteiger partial charge in [0.15, 0.2) is 0 Å². The molecule has 0 heterocycles. The maximum Gasteiger partial charge on any atom is 0.119 e. The van der Waals surface area contributed by atoms with Gasteiger partial charge in [0.2, 0.25) is 0 Å². The lowest BCUT2D eigenvalue weighted by molar-refractivity contribution is 0.307. The molecule has 0 aliphatic carbocycles. The Labute approximate surface area is 185 Å². The highest BCUT2D eigenvalue weighted by molar-refractivity contribution is 6.35. The SMILES string of the molecule is Clc1cccc(Cl)c1CN/N=C\c1ccc(OCc2cccc3ccccc23)cc1. The molecule has 0 radical (unpaired) electrons. The summed E-state index contributed by atoms with van der Waals surface area (Å²) < 4.78 is 5.98. The third-order valence-corrected chi connectivity index (χ3v) is 5.49. The summed E-state index contributed by atoms with van der Waals surface area (Å²) in [6.07, 6.45) is 1.75. The molecular formula is C25H20Cl2N2O. The number of nitrogens with zero attached hydrogens (tertiary/aromatic N) is 1. The zero-order chi connectivity index (χ0) is 20.8. The number of halogens is 2. The van der Waals surface area contributed by atoms with Gasteiger partial charge in [-0.15, -0.1) is 0 Å². The van der Waals surface area contributed by atoms with Gasteiger partial charge >= 0.3 is 0 Å². The second kappa shape index (κ2) is 9.66. The van der Waals surface area contributed by atoms with Crippen molar-refractivity contribution in [1.29, 1.82) is 0 Å². The number of hydrogen-bond acceptors (Lipinski definition) is 3. The van der Waals surface area contributed by atoms with Crippen molar-refractivity contribution >= 4 is 40.2 Å². The minimum Gasteiger partial charge on any atom is -0.489 e. The van der Waals surface area contributed by atoms with Crippen LogP contribution in [0.4, 0.5) is 0 Å². The summed E-state index contributed by atoms with van der Waals surface area (Å²) in [7, 11) is 0. The third kappa shape index (κ3) is 4.93. The van der Waals surface area contributed by atoms with Crippen molar-refractivity contribution in [3.05, 3.63) is 112 Å². The van der Waals surface area contributed by atoms with Crippen LogP contribution in [-0.2, 0) is 13.2 Å². The van der Waals surface area contributed by atoms with Crippen LogP contribution in [0.1, 0.15) is 16.7 Å². The van der Waals surface area contributed by atoms with Crippen LogP contribution in [0.2, 0.25) is 10.0 Å². The lowest BCUT2D eigenvalue weighted by Crippen LogP contribution is -2.06. The lowest BCUT2D eigenvalue weighted by atomic mass is 10.1. The third-order valence-electron chi connectivity index (χ3n) is 4.78. The first-order chi connectivity index (χ1) is 14.7. The molecule has 4 aromatic carbocycles. The fraction of sp³-hybridized carbons (Fsp3) is 0.0800. The average Bonchev–Trinajstić information content (AvgIpc) is 2.77. The smallest absolute Gasteiger partial charge is 0.119 e. The number of fused-ring (bicyclic) bond motifs is 1. The van der Waals surface area contributed by atoms with E-state index < -0.39 is 0 Å². The van der Waals surface area contributed by atoms with Gasteiger partial charge in [0.1, 0.15) is 12.4 Å². The fourth-order valence-electron chi connectivity index (χ4n) is 3.18. The van der Waals surface area contributed by atoms with Gasteiger partial charge in [0.05, 0.1) is 12.8 Å². The Hall–Kier alpha value is -3.01. The predicted molar refractivity (Wildman–Crippen MR) is 126 cm³/mol. The van der Waals surface area contributed by atoms with Crippen molar-refractivity contribution in [2.45, 2.75) is 13.2 Å². The number of ether oxygens (including phenoxy) is 1. The van der Waals surface area contributed by atoms with Crippen molar-refractivity contribution in [3.63, 3.8) is 0 Å². The number of benzene rings is 4. The maximum absolute atomic E-state index is 6.16. The first kappa shape index (κ1) is 20.3. The summed E-state index contributed by atoms with van der Waals surface area (Å²) in [5, 5.41) is 7.92. The first-order valence-corrected chi connectivity index (χ1v) is 10.3. The molecule has 0 saturated heterocycles. The molecule has 3 nitrogen and oxygen atoms in total. The zero-order valence-corrected chi connectivity index (χ0v) is 17.7. The highest BCUT2D eigenvalue weighted by Gasteiger charge is 2.04. The monoisotopic (exact) mass is 434 g/mol. The van der Waals surface area contributed by atoms with Gasteiger partial charge < -0.3 is 10.2 Å². The number of hydrogen-bond donors (Lipinski definition) is 1. The van der Waals surface area contributed by atoms with Crippen LogP contribution < -0.4 is 10.2 Å². The molecule has 0 saturated carbocycles. The summed E-state index contributed by atoms with van der Waals surface area (Å²) in [4.78, 5) is 0. The van der Waals surface area contributed by atoms with Crippen molar-refractivity contribution in [2.24, 2.45) is 5.10 Å². The van der Waals surface area contributed by atoms with Gasteiger partial charge in [0, 0.05) is 15.6 Å². The Bertz CT molecular complexity index is 1150. The van der Waals surface area contributed by atoms with Crippen molar-refractivity contribution in [3.8, 4) is 5.75 Å². The van der Waals surface area contributed by atoms with E-state index in [0.29, 0.717) is 23.2 Å². The highest BCUT2D eigenvalue weighted by atomic mass is 35.5.